The van der Waals surface area contributed by atoms with Gasteiger partial charge in [0.2, 0.25) is 5.91 Å². The first-order chi connectivity index (χ1) is 13.9. The molecule has 29 heavy (non-hydrogen) atoms. The Bertz CT molecular complexity index is 875. The maximum Gasteiger partial charge on any atom is 0.340 e. The second kappa shape index (κ2) is 11.2. The van der Waals surface area contributed by atoms with E-state index in [4.69, 9.17) is 4.74 Å². The highest BCUT2D eigenvalue weighted by Crippen LogP contribution is 2.24. The van der Waals surface area contributed by atoms with Crippen LogP contribution in [0.1, 0.15) is 29.3 Å². The van der Waals surface area contributed by atoms with Crippen molar-refractivity contribution in [1.82, 2.24) is 10.2 Å². The summed E-state index contributed by atoms with van der Waals surface area (Å²) in [6.45, 7) is 3.99. The first-order valence-electron chi connectivity index (χ1n) is 9.40. The van der Waals surface area contributed by atoms with Crippen LogP contribution < -0.4 is 5.32 Å². The number of carbonyl (C=O) groups is 3. The summed E-state index contributed by atoms with van der Waals surface area (Å²) in [5.74, 6) is -1.26. The van der Waals surface area contributed by atoms with Crippen LogP contribution in [0.4, 0.5) is 0 Å². The number of nitrogens with zero attached hydrogens (tertiary/aromatic N) is 1. The summed E-state index contributed by atoms with van der Waals surface area (Å²) in [5.41, 5.74) is 2.35. The van der Waals surface area contributed by atoms with E-state index < -0.39 is 18.5 Å². The monoisotopic (exact) mass is 414 g/mol. The van der Waals surface area contributed by atoms with Gasteiger partial charge in [-0.3, -0.25) is 9.59 Å². The molecule has 2 rings (SSSR count). The molecule has 154 valence electrons. The van der Waals surface area contributed by atoms with Crippen molar-refractivity contribution < 1.29 is 19.1 Å². The van der Waals surface area contributed by atoms with Crippen molar-refractivity contribution in [3.63, 3.8) is 0 Å². The zero-order chi connectivity index (χ0) is 21.2. The minimum absolute atomic E-state index is 0.0761. The van der Waals surface area contributed by atoms with Gasteiger partial charge in [0.1, 0.15) is 0 Å². The fourth-order valence-corrected chi connectivity index (χ4v) is 3.26. The van der Waals surface area contributed by atoms with Crippen molar-refractivity contribution in [2.24, 2.45) is 0 Å². The predicted octanol–water partition coefficient (Wildman–Crippen LogP) is 3.12. The molecule has 2 amide bonds. The van der Waals surface area contributed by atoms with Crippen molar-refractivity contribution in [2.75, 3.05) is 26.7 Å². The smallest absolute Gasteiger partial charge is 0.340 e. The number of hydrogen-bond donors (Lipinski definition) is 1. The Morgan fingerprint density at radius 2 is 2.00 bits per heavy atom. The zero-order valence-electron chi connectivity index (χ0n) is 16.9. The summed E-state index contributed by atoms with van der Waals surface area (Å²) in [5, 5.41) is 4.58. The van der Waals surface area contributed by atoms with Crippen LogP contribution in [0.3, 0.4) is 0 Å². The maximum atomic E-state index is 12.7. The number of esters is 1. The highest BCUT2D eigenvalue weighted by molar-refractivity contribution is 7.11. The lowest BCUT2D eigenvalue weighted by atomic mass is 10.1. The lowest BCUT2D eigenvalue weighted by Gasteiger charge is -2.17. The van der Waals surface area contributed by atoms with E-state index in [0.29, 0.717) is 12.1 Å². The van der Waals surface area contributed by atoms with Gasteiger partial charge in [0, 0.05) is 18.5 Å². The number of thiophene rings is 1. The molecule has 2 aromatic rings. The van der Waals surface area contributed by atoms with Crippen LogP contribution in [0, 0.1) is 6.92 Å². The topological polar surface area (TPSA) is 75.7 Å². The Labute approximate surface area is 175 Å². The lowest BCUT2D eigenvalue weighted by molar-refractivity contribution is -0.147. The van der Waals surface area contributed by atoms with Gasteiger partial charge >= 0.3 is 5.97 Å². The fraction of sp³-hybridized carbons (Fsp3) is 0.318. The van der Waals surface area contributed by atoms with E-state index in [1.165, 1.54) is 23.3 Å². The number of benzene rings is 1. The van der Waals surface area contributed by atoms with Gasteiger partial charge in [-0.05, 0) is 36.4 Å². The molecule has 1 N–H and O–H groups in total. The molecule has 1 heterocycles. The SMILES string of the molecule is CCCNC(=O)CN(C)C(=O)COC(=O)/C(=C/c1cccc(C)c1)c1cccs1. The number of aryl methyl sites for hydroxylation is 1. The van der Waals surface area contributed by atoms with Crippen LogP contribution in [0.15, 0.2) is 41.8 Å². The highest BCUT2D eigenvalue weighted by Gasteiger charge is 2.19. The van der Waals surface area contributed by atoms with E-state index in [9.17, 15) is 14.4 Å². The van der Waals surface area contributed by atoms with Gasteiger partial charge in [-0.25, -0.2) is 4.79 Å². The summed E-state index contributed by atoms with van der Waals surface area (Å²) in [7, 11) is 1.50. The molecule has 0 aliphatic rings. The molecular weight excluding hydrogens is 388 g/mol. The van der Waals surface area contributed by atoms with Crippen LogP contribution in [-0.2, 0) is 19.1 Å². The second-order valence-electron chi connectivity index (χ2n) is 6.63. The number of ether oxygens (including phenoxy) is 1. The van der Waals surface area contributed by atoms with E-state index >= 15 is 0 Å². The Morgan fingerprint density at radius 1 is 1.21 bits per heavy atom. The van der Waals surface area contributed by atoms with E-state index in [1.54, 1.807) is 6.08 Å². The molecule has 0 aliphatic carbocycles. The number of amides is 2. The standard InChI is InChI=1S/C22H26N2O4S/c1-4-10-23-20(25)14-24(3)21(26)15-28-22(27)18(19-9-6-11-29-19)13-17-8-5-7-16(2)12-17/h5-9,11-13H,4,10,14-15H2,1-3H3,(H,23,25)/b18-13+. The molecule has 1 aromatic carbocycles. The molecule has 0 saturated heterocycles. The highest BCUT2D eigenvalue weighted by atomic mass is 32.1. The van der Waals surface area contributed by atoms with Crippen molar-refractivity contribution in [2.45, 2.75) is 20.3 Å². The molecule has 0 fully saturated rings. The van der Waals surface area contributed by atoms with Gasteiger partial charge in [0.25, 0.3) is 5.91 Å². The number of rotatable bonds is 9. The Kier molecular flexibility index (Phi) is 8.61. The van der Waals surface area contributed by atoms with Gasteiger partial charge in [-0.1, -0.05) is 42.8 Å². The molecule has 7 heteroatoms. The molecule has 0 bridgehead atoms. The van der Waals surface area contributed by atoms with Crippen LogP contribution >= 0.6 is 11.3 Å². The third kappa shape index (κ3) is 7.19. The minimum Gasteiger partial charge on any atom is -0.452 e. The van der Waals surface area contributed by atoms with Gasteiger partial charge in [-0.2, -0.15) is 0 Å². The molecular formula is C22H26N2O4S. The Balaban J connectivity index is 2.03. The van der Waals surface area contributed by atoms with E-state index in [2.05, 4.69) is 5.32 Å². The largest absolute Gasteiger partial charge is 0.452 e. The van der Waals surface area contributed by atoms with Crippen molar-refractivity contribution >= 4 is 40.8 Å². The fourth-order valence-electron chi connectivity index (χ4n) is 2.53. The molecule has 0 atom stereocenters. The van der Waals surface area contributed by atoms with E-state index in [0.717, 1.165) is 22.4 Å². The summed E-state index contributed by atoms with van der Waals surface area (Å²) in [6, 6.07) is 11.5. The average Bonchev–Trinajstić information content (AvgIpc) is 3.22. The first kappa shape index (κ1) is 22.4. The third-order valence-corrected chi connectivity index (χ3v) is 4.97. The quantitative estimate of drug-likeness (QED) is 0.505. The third-order valence-electron chi connectivity index (χ3n) is 4.07. The van der Waals surface area contributed by atoms with Crippen molar-refractivity contribution in [3.8, 4) is 0 Å². The van der Waals surface area contributed by atoms with Gasteiger partial charge < -0.3 is 15.0 Å². The van der Waals surface area contributed by atoms with E-state index in [1.807, 2.05) is 55.6 Å². The second-order valence-corrected chi connectivity index (χ2v) is 7.57. The summed E-state index contributed by atoms with van der Waals surface area (Å²) in [4.78, 5) is 38.6. The van der Waals surface area contributed by atoms with E-state index in [-0.39, 0.29) is 12.5 Å². The molecule has 0 spiro atoms. The molecule has 1 aromatic heterocycles. The molecule has 0 saturated carbocycles. The maximum absolute atomic E-state index is 12.7. The lowest BCUT2D eigenvalue weighted by Crippen LogP contribution is -2.40. The summed E-state index contributed by atoms with van der Waals surface area (Å²) >= 11 is 1.42. The normalized spacial score (nSPS) is 11.1. The summed E-state index contributed by atoms with van der Waals surface area (Å²) < 4.78 is 5.25. The van der Waals surface area contributed by atoms with Gasteiger partial charge in [-0.15, -0.1) is 11.3 Å². The van der Waals surface area contributed by atoms with Crippen molar-refractivity contribution in [1.29, 1.82) is 0 Å². The number of hydrogen-bond acceptors (Lipinski definition) is 5. The van der Waals surface area contributed by atoms with Gasteiger partial charge in [0.05, 0.1) is 12.1 Å². The molecule has 0 radical (unpaired) electrons. The predicted molar refractivity (Wildman–Crippen MR) is 115 cm³/mol. The number of carbonyl (C=O) groups excluding carboxylic acids is 3. The average molecular weight is 415 g/mol. The summed E-state index contributed by atoms with van der Waals surface area (Å²) in [6.07, 6.45) is 2.58. The van der Waals surface area contributed by atoms with Crippen LogP contribution in [0.25, 0.3) is 11.6 Å². The number of likely N-dealkylation sites (N-methyl/N-ethyl adjacent to an activating group) is 1. The van der Waals surface area contributed by atoms with Gasteiger partial charge in [0.15, 0.2) is 6.61 Å². The minimum atomic E-state index is -0.578. The Morgan fingerprint density at radius 3 is 2.66 bits per heavy atom. The molecule has 6 nitrogen and oxygen atoms in total. The number of nitrogens with one attached hydrogen (secondary N) is 1. The van der Waals surface area contributed by atoms with Crippen LogP contribution in [0.2, 0.25) is 0 Å². The van der Waals surface area contributed by atoms with Crippen molar-refractivity contribution in [3.05, 3.63) is 57.8 Å². The first-order valence-corrected chi connectivity index (χ1v) is 10.3. The van der Waals surface area contributed by atoms with Crippen LogP contribution in [-0.4, -0.2) is 49.4 Å². The van der Waals surface area contributed by atoms with Crippen LogP contribution in [0.5, 0.6) is 0 Å². The zero-order valence-corrected chi connectivity index (χ0v) is 17.8. The molecule has 0 unspecified atom stereocenters. The Hall–Kier alpha value is -2.93. The molecule has 0 aliphatic heterocycles.